The van der Waals surface area contributed by atoms with Crippen molar-refractivity contribution < 1.29 is 0 Å². The molecule has 2 fully saturated rings. The van der Waals surface area contributed by atoms with Crippen LogP contribution in [0.1, 0.15) is 103 Å². The molecule has 1 heteroatoms. The molecule has 0 spiro atoms. The first-order valence-corrected chi connectivity index (χ1v) is 15.0. The highest BCUT2D eigenvalue weighted by atomic mass is 14.7. The maximum atomic E-state index is 4.26. The van der Waals surface area contributed by atoms with E-state index in [4.69, 9.17) is 0 Å². The van der Waals surface area contributed by atoms with E-state index in [-0.39, 0.29) is 0 Å². The number of hydrogen-bond donors (Lipinski definition) is 0. The molecule has 3 aromatic rings. The van der Waals surface area contributed by atoms with Crippen LogP contribution in [0.4, 0.5) is 0 Å². The van der Waals surface area contributed by atoms with E-state index in [0.717, 1.165) is 24.7 Å². The fourth-order valence-electron chi connectivity index (χ4n) is 6.90. The van der Waals surface area contributed by atoms with Crippen molar-refractivity contribution >= 4 is 6.72 Å². The summed E-state index contributed by atoms with van der Waals surface area (Å²) in [6, 6.07) is 30.8. The molecule has 1 nitrogen and oxygen atoms in total. The van der Waals surface area contributed by atoms with Crippen molar-refractivity contribution in [1.82, 2.24) is 0 Å². The number of aliphatic imine (C=N–C) groups is 1. The molecule has 2 saturated carbocycles. The fourth-order valence-corrected chi connectivity index (χ4v) is 6.90. The molecule has 0 radical (unpaired) electrons. The molecule has 0 aromatic heterocycles. The fraction of sp³-hybridized carbons (Fsp3) is 0.432. The van der Waals surface area contributed by atoms with Crippen molar-refractivity contribution in [2.75, 3.05) is 0 Å². The Morgan fingerprint density at radius 3 is 1.79 bits per heavy atom. The van der Waals surface area contributed by atoms with Crippen LogP contribution < -0.4 is 0 Å². The van der Waals surface area contributed by atoms with Gasteiger partial charge in [-0.1, -0.05) is 84.9 Å². The van der Waals surface area contributed by atoms with Gasteiger partial charge in [0.15, 0.2) is 0 Å². The van der Waals surface area contributed by atoms with Crippen LogP contribution in [-0.4, -0.2) is 12.8 Å². The SMILES string of the molecule is C=CC1CCC(c2ccc(CC(CCc3ccc(C4CCC(N=C)CC4)cc3)c3ccccc3)cc2)CC1. The van der Waals surface area contributed by atoms with Gasteiger partial charge in [0.25, 0.3) is 0 Å². The van der Waals surface area contributed by atoms with E-state index >= 15 is 0 Å². The second-order valence-corrected chi connectivity index (χ2v) is 11.9. The maximum Gasteiger partial charge on any atom is 0.0492 e. The lowest BCUT2D eigenvalue weighted by Gasteiger charge is -2.27. The molecule has 2 aliphatic rings. The summed E-state index contributed by atoms with van der Waals surface area (Å²) >= 11 is 0. The zero-order valence-electron chi connectivity index (χ0n) is 23.1. The Morgan fingerprint density at radius 1 is 0.684 bits per heavy atom. The molecule has 0 N–H and O–H groups in total. The highest BCUT2D eigenvalue weighted by Crippen LogP contribution is 2.37. The first kappa shape index (κ1) is 26.7. The quantitative estimate of drug-likeness (QED) is 0.193. The molecule has 1 atom stereocenters. The smallest absolute Gasteiger partial charge is 0.0492 e. The Balaban J connectivity index is 1.20. The molecule has 1 unspecified atom stereocenters. The molecule has 0 amide bonds. The Labute approximate surface area is 231 Å². The molecule has 0 bridgehead atoms. The van der Waals surface area contributed by atoms with E-state index in [2.05, 4.69) is 103 Å². The van der Waals surface area contributed by atoms with Gasteiger partial charge in [-0.05, 0) is 129 Å². The number of aryl methyl sites for hydroxylation is 1. The Bertz CT molecular complexity index is 1130. The van der Waals surface area contributed by atoms with Crippen molar-refractivity contribution in [1.29, 1.82) is 0 Å². The van der Waals surface area contributed by atoms with Crippen LogP contribution >= 0.6 is 0 Å². The standard InChI is InChI=1S/C37H45N/c1-3-28-9-16-32(17-10-28)34-20-14-30(15-21-34)27-36(31-7-5-4-6-8-31)22-13-29-11-18-33(19-12-29)35-23-25-37(38-2)26-24-35/h3-8,11-12,14-15,18-21,28,32,35-37H,1-2,9-10,13,16-17,22-27H2. The van der Waals surface area contributed by atoms with Gasteiger partial charge in [-0.2, -0.15) is 0 Å². The Morgan fingerprint density at radius 2 is 1.24 bits per heavy atom. The summed E-state index contributed by atoms with van der Waals surface area (Å²) in [5.41, 5.74) is 7.42. The van der Waals surface area contributed by atoms with Gasteiger partial charge in [0.2, 0.25) is 0 Å². The molecular formula is C37H45N. The van der Waals surface area contributed by atoms with Crippen molar-refractivity contribution in [3.05, 3.63) is 119 Å². The lowest BCUT2D eigenvalue weighted by molar-refractivity contribution is 0.376. The normalized spacial score (nSPS) is 24.4. The van der Waals surface area contributed by atoms with Gasteiger partial charge < -0.3 is 0 Å². The van der Waals surface area contributed by atoms with Crippen LogP contribution in [0.2, 0.25) is 0 Å². The Kier molecular flexibility index (Phi) is 9.28. The molecule has 0 aliphatic heterocycles. The Hall–Kier alpha value is -2.93. The summed E-state index contributed by atoms with van der Waals surface area (Å²) in [7, 11) is 0. The zero-order chi connectivity index (χ0) is 26.2. The third-order valence-corrected chi connectivity index (χ3v) is 9.50. The predicted molar refractivity (Wildman–Crippen MR) is 164 cm³/mol. The minimum Gasteiger partial charge on any atom is -0.298 e. The van der Waals surface area contributed by atoms with Crippen molar-refractivity contribution in [2.45, 2.75) is 94.4 Å². The number of rotatable bonds is 10. The molecule has 198 valence electrons. The lowest BCUT2D eigenvalue weighted by atomic mass is 9.78. The average Bonchev–Trinajstić information content (AvgIpc) is 3.00. The van der Waals surface area contributed by atoms with Crippen molar-refractivity contribution in [2.24, 2.45) is 10.9 Å². The summed E-state index contributed by atoms with van der Waals surface area (Å²) < 4.78 is 0. The predicted octanol–water partition coefficient (Wildman–Crippen LogP) is 9.83. The number of nitrogens with zero attached hydrogens (tertiary/aromatic N) is 1. The van der Waals surface area contributed by atoms with Gasteiger partial charge in [-0.3, -0.25) is 4.99 Å². The monoisotopic (exact) mass is 503 g/mol. The molecule has 0 saturated heterocycles. The summed E-state index contributed by atoms with van der Waals surface area (Å²) in [5.74, 6) is 2.68. The van der Waals surface area contributed by atoms with E-state index in [1.807, 2.05) is 0 Å². The topological polar surface area (TPSA) is 12.4 Å². The van der Waals surface area contributed by atoms with Crippen molar-refractivity contribution in [3.63, 3.8) is 0 Å². The second kappa shape index (κ2) is 13.2. The van der Waals surface area contributed by atoms with E-state index in [9.17, 15) is 0 Å². The lowest BCUT2D eigenvalue weighted by Crippen LogP contribution is -2.15. The van der Waals surface area contributed by atoms with Gasteiger partial charge in [0.1, 0.15) is 0 Å². The van der Waals surface area contributed by atoms with Gasteiger partial charge in [0.05, 0.1) is 0 Å². The van der Waals surface area contributed by atoms with Gasteiger partial charge in [0, 0.05) is 6.04 Å². The summed E-state index contributed by atoms with van der Waals surface area (Å²) in [6.45, 7) is 7.76. The highest BCUT2D eigenvalue weighted by molar-refractivity contribution is 5.30. The van der Waals surface area contributed by atoms with Crippen LogP contribution in [0.15, 0.2) is 96.5 Å². The number of hydrogen-bond acceptors (Lipinski definition) is 1. The number of benzene rings is 3. The molecular weight excluding hydrogens is 458 g/mol. The zero-order valence-corrected chi connectivity index (χ0v) is 23.1. The maximum absolute atomic E-state index is 4.26. The summed E-state index contributed by atoms with van der Waals surface area (Å²) in [4.78, 5) is 4.26. The van der Waals surface area contributed by atoms with E-state index in [1.54, 1.807) is 0 Å². The molecule has 38 heavy (non-hydrogen) atoms. The third-order valence-electron chi connectivity index (χ3n) is 9.50. The van der Waals surface area contributed by atoms with Crippen molar-refractivity contribution in [3.8, 4) is 0 Å². The second-order valence-electron chi connectivity index (χ2n) is 11.9. The van der Waals surface area contributed by atoms with E-state index in [1.165, 1.54) is 85.6 Å². The van der Waals surface area contributed by atoms with Gasteiger partial charge in [-0.25, -0.2) is 0 Å². The van der Waals surface area contributed by atoms with E-state index in [0.29, 0.717) is 17.9 Å². The largest absolute Gasteiger partial charge is 0.298 e. The average molecular weight is 504 g/mol. The van der Waals surface area contributed by atoms with Crippen LogP contribution in [0, 0.1) is 5.92 Å². The summed E-state index contributed by atoms with van der Waals surface area (Å²) in [5, 5.41) is 0. The molecule has 0 heterocycles. The molecule has 2 aliphatic carbocycles. The first-order chi connectivity index (χ1) is 18.7. The van der Waals surface area contributed by atoms with Crippen LogP contribution in [0.5, 0.6) is 0 Å². The van der Waals surface area contributed by atoms with Crippen LogP contribution in [-0.2, 0) is 12.8 Å². The molecule has 3 aromatic carbocycles. The summed E-state index contributed by atoms with van der Waals surface area (Å²) in [6.07, 6.45) is 15.6. The van der Waals surface area contributed by atoms with Crippen LogP contribution in [0.3, 0.4) is 0 Å². The molecule has 5 rings (SSSR count). The van der Waals surface area contributed by atoms with Gasteiger partial charge in [-0.15, -0.1) is 6.58 Å². The van der Waals surface area contributed by atoms with Crippen LogP contribution in [0.25, 0.3) is 0 Å². The third kappa shape index (κ3) is 6.93. The minimum atomic E-state index is 0.481. The highest BCUT2D eigenvalue weighted by Gasteiger charge is 2.22. The number of allylic oxidation sites excluding steroid dienone is 1. The van der Waals surface area contributed by atoms with E-state index < -0.39 is 0 Å². The first-order valence-electron chi connectivity index (χ1n) is 15.0. The van der Waals surface area contributed by atoms with Gasteiger partial charge >= 0.3 is 0 Å². The minimum absolute atomic E-state index is 0.481.